The summed E-state index contributed by atoms with van der Waals surface area (Å²) in [6.07, 6.45) is 1.11. The van der Waals surface area contributed by atoms with E-state index in [0.717, 1.165) is 21.8 Å². The number of aromatic nitrogens is 1. The lowest BCUT2D eigenvalue weighted by atomic mass is 10.1. The number of hydrogen-bond acceptors (Lipinski definition) is 4. The van der Waals surface area contributed by atoms with E-state index in [1.165, 1.54) is 0 Å². The van der Waals surface area contributed by atoms with E-state index in [1.807, 2.05) is 55.4 Å². The molecule has 2 heterocycles. The first-order valence-corrected chi connectivity index (χ1v) is 9.39. The highest BCUT2D eigenvalue weighted by molar-refractivity contribution is 7.09. The van der Waals surface area contributed by atoms with Crippen LogP contribution in [0.5, 0.6) is 0 Å². The topological polar surface area (TPSA) is 53.5 Å². The SMILES string of the molecule is Cc1ccccc1N1C(=O)CN(C(=O)CCc2scnc2C)CC1C. The van der Waals surface area contributed by atoms with Gasteiger partial charge >= 0.3 is 0 Å². The molecule has 2 aromatic rings. The number of benzene rings is 1. The number of anilines is 1. The van der Waals surface area contributed by atoms with E-state index in [4.69, 9.17) is 0 Å². The molecule has 5 nitrogen and oxygen atoms in total. The highest BCUT2D eigenvalue weighted by atomic mass is 32.1. The van der Waals surface area contributed by atoms with Gasteiger partial charge in [-0.05, 0) is 38.8 Å². The lowest BCUT2D eigenvalue weighted by molar-refractivity contribution is -0.137. The van der Waals surface area contributed by atoms with E-state index in [1.54, 1.807) is 16.2 Å². The van der Waals surface area contributed by atoms with Crippen LogP contribution in [0, 0.1) is 13.8 Å². The molecule has 2 amide bonds. The Labute approximate surface area is 152 Å². The Hall–Kier alpha value is -2.21. The minimum atomic E-state index is -0.0311. The van der Waals surface area contributed by atoms with Gasteiger partial charge in [-0.1, -0.05) is 18.2 Å². The van der Waals surface area contributed by atoms with Gasteiger partial charge in [0.25, 0.3) is 0 Å². The average Bonchev–Trinajstić information content (AvgIpc) is 2.98. The van der Waals surface area contributed by atoms with Crippen LogP contribution in [0.2, 0.25) is 0 Å². The van der Waals surface area contributed by atoms with Gasteiger partial charge < -0.3 is 9.80 Å². The maximum absolute atomic E-state index is 12.7. The fourth-order valence-electron chi connectivity index (χ4n) is 3.29. The summed E-state index contributed by atoms with van der Waals surface area (Å²) in [7, 11) is 0. The molecule has 132 valence electrons. The molecule has 1 fully saturated rings. The molecule has 1 atom stereocenters. The summed E-state index contributed by atoms with van der Waals surface area (Å²) in [4.78, 5) is 34.1. The van der Waals surface area contributed by atoms with Gasteiger partial charge in [-0.15, -0.1) is 11.3 Å². The van der Waals surface area contributed by atoms with Gasteiger partial charge in [-0.25, -0.2) is 4.98 Å². The second-order valence-corrected chi connectivity index (χ2v) is 7.47. The molecular formula is C19H23N3O2S. The Kier molecular flexibility index (Phi) is 5.18. The molecule has 0 N–H and O–H groups in total. The Balaban J connectivity index is 1.65. The minimum absolute atomic E-state index is 0.0182. The fraction of sp³-hybridized carbons (Fsp3) is 0.421. The molecule has 0 radical (unpaired) electrons. The zero-order valence-corrected chi connectivity index (χ0v) is 15.7. The molecule has 0 aliphatic carbocycles. The van der Waals surface area contributed by atoms with Gasteiger partial charge in [0.1, 0.15) is 6.54 Å². The summed E-state index contributed by atoms with van der Waals surface area (Å²) in [5.74, 6) is 0.0211. The number of hydrogen-bond donors (Lipinski definition) is 0. The lowest BCUT2D eigenvalue weighted by Crippen LogP contribution is -2.57. The van der Waals surface area contributed by atoms with Gasteiger partial charge in [0.05, 0.1) is 17.2 Å². The number of nitrogens with zero attached hydrogens (tertiary/aromatic N) is 3. The van der Waals surface area contributed by atoms with E-state index in [0.29, 0.717) is 19.4 Å². The second-order valence-electron chi connectivity index (χ2n) is 6.53. The first-order chi connectivity index (χ1) is 12.0. The summed E-state index contributed by atoms with van der Waals surface area (Å²) in [5, 5.41) is 0. The number of amides is 2. The zero-order chi connectivity index (χ0) is 18.0. The van der Waals surface area contributed by atoms with Crippen molar-refractivity contribution < 1.29 is 9.59 Å². The first kappa shape index (κ1) is 17.6. The fourth-order valence-corrected chi connectivity index (χ4v) is 4.07. The van der Waals surface area contributed by atoms with Crippen molar-refractivity contribution in [2.24, 2.45) is 0 Å². The summed E-state index contributed by atoms with van der Waals surface area (Å²) in [6, 6.07) is 7.85. The van der Waals surface area contributed by atoms with Gasteiger partial charge in [-0.3, -0.25) is 9.59 Å². The molecule has 1 aromatic heterocycles. The second kappa shape index (κ2) is 7.35. The van der Waals surface area contributed by atoms with E-state index in [9.17, 15) is 9.59 Å². The Morgan fingerprint density at radius 1 is 1.32 bits per heavy atom. The zero-order valence-electron chi connectivity index (χ0n) is 14.9. The van der Waals surface area contributed by atoms with E-state index < -0.39 is 0 Å². The maximum Gasteiger partial charge on any atom is 0.246 e. The van der Waals surface area contributed by atoms with Crippen molar-refractivity contribution >= 4 is 28.8 Å². The molecule has 0 bridgehead atoms. The van der Waals surface area contributed by atoms with Crippen molar-refractivity contribution in [1.82, 2.24) is 9.88 Å². The minimum Gasteiger partial charge on any atom is -0.331 e. The van der Waals surface area contributed by atoms with E-state index in [2.05, 4.69) is 4.98 Å². The van der Waals surface area contributed by atoms with Gasteiger partial charge in [-0.2, -0.15) is 0 Å². The Morgan fingerprint density at radius 2 is 2.08 bits per heavy atom. The Bertz CT molecular complexity index is 786. The van der Waals surface area contributed by atoms with Gasteiger partial charge in [0.2, 0.25) is 11.8 Å². The molecule has 0 saturated carbocycles. The number of thiazole rings is 1. The highest BCUT2D eigenvalue weighted by Crippen LogP contribution is 2.25. The molecule has 1 aliphatic rings. The van der Waals surface area contributed by atoms with Crippen molar-refractivity contribution in [3.63, 3.8) is 0 Å². The normalized spacial score (nSPS) is 17.9. The van der Waals surface area contributed by atoms with E-state index >= 15 is 0 Å². The maximum atomic E-state index is 12.7. The Morgan fingerprint density at radius 3 is 2.72 bits per heavy atom. The molecule has 3 rings (SSSR count). The highest BCUT2D eigenvalue weighted by Gasteiger charge is 2.33. The van der Waals surface area contributed by atoms with Crippen molar-refractivity contribution in [3.8, 4) is 0 Å². The lowest BCUT2D eigenvalue weighted by Gasteiger charge is -2.40. The molecule has 6 heteroatoms. The van der Waals surface area contributed by atoms with Crippen LogP contribution in [0.4, 0.5) is 5.69 Å². The summed E-state index contributed by atoms with van der Waals surface area (Å²) < 4.78 is 0. The summed E-state index contributed by atoms with van der Waals surface area (Å²) in [5.41, 5.74) is 4.81. The average molecular weight is 357 g/mol. The van der Waals surface area contributed by atoms with Crippen molar-refractivity contribution in [2.45, 2.75) is 39.7 Å². The molecule has 1 saturated heterocycles. The number of rotatable bonds is 4. The molecule has 25 heavy (non-hydrogen) atoms. The van der Waals surface area contributed by atoms with Gasteiger partial charge in [0.15, 0.2) is 0 Å². The first-order valence-electron chi connectivity index (χ1n) is 8.51. The number of aryl methyl sites for hydroxylation is 3. The predicted octanol–water partition coefficient (Wildman–Crippen LogP) is 2.96. The van der Waals surface area contributed by atoms with Crippen LogP contribution >= 0.6 is 11.3 Å². The molecule has 1 aliphatic heterocycles. The largest absolute Gasteiger partial charge is 0.331 e. The van der Waals surface area contributed by atoms with Crippen molar-refractivity contribution in [1.29, 1.82) is 0 Å². The van der Waals surface area contributed by atoms with Crippen LogP contribution in [-0.2, 0) is 16.0 Å². The summed E-state index contributed by atoms with van der Waals surface area (Å²) in [6.45, 7) is 6.68. The quantitative estimate of drug-likeness (QED) is 0.845. The number of carbonyl (C=O) groups excluding carboxylic acids is 2. The number of para-hydroxylation sites is 1. The third-order valence-corrected chi connectivity index (χ3v) is 5.65. The molecule has 1 aromatic carbocycles. The monoisotopic (exact) mass is 357 g/mol. The third kappa shape index (κ3) is 3.74. The van der Waals surface area contributed by atoms with Gasteiger partial charge in [0, 0.05) is 23.5 Å². The standard InChI is InChI=1S/C19H23N3O2S/c1-13-6-4-5-7-16(13)22-14(2)10-21(11-19(22)24)18(23)9-8-17-15(3)20-12-25-17/h4-7,12,14H,8-11H2,1-3H3. The summed E-state index contributed by atoms with van der Waals surface area (Å²) >= 11 is 1.58. The van der Waals surface area contributed by atoms with Crippen LogP contribution in [0.3, 0.4) is 0 Å². The molecule has 1 unspecified atom stereocenters. The van der Waals surface area contributed by atoms with E-state index in [-0.39, 0.29) is 24.4 Å². The van der Waals surface area contributed by atoms with Crippen LogP contribution in [0.15, 0.2) is 29.8 Å². The van der Waals surface area contributed by atoms with Crippen LogP contribution < -0.4 is 4.90 Å². The van der Waals surface area contributed by atoms with Crippen LogP contribution in [0.25, 0.3) is 0 Å². The van der Waals surface area contributed by atoms with Crippen LogP contribution in [-0.4, -0.2) is 40.8 Å². The van der Waals surface area contributed by atoms with Crippen molar-refractivity contribution in [3.05, 3.63) is 45.9 Å². The van der Waals surface area contributed by atoms with Crippen molar-refractivity contribution in [2.75, 3.05) is 18.0 Å². The molecule has 0 spiro atoms. The molecular weight excluding hydrogens is 334 g/mol. The van der Waals surface area contributed by atoms with Crippen LogP contribution in [0.1, 0.15) is 29.5 Å². The number of piperazine rings is 1. The smallest absolute Gasteiger partial charge is 0.246 e. The predicted molar refractivity (Wildman–Crippen MR) is 99.9 cm³/mol. The number of carbonyl (C=O) groups is 2. The third-order valence-electron chi connectivity index (χ3n) is 4.66.